The van der Waals surface area contributed by atoms with Crippen LogP contribution in [0.2, 0.25) is 0 Å². The Labute approximate surface area is 90.2 Å². The molecule has 0 aliphatic heterocycles. The topological polar surface area (TPSA) is 46.5 Å². The van der Waals surface area contributed by atoms with Gasteiger partial charge in [-0.15, -0.1) is 11.8 Å². The zero-order valence-corrected chi connectivity index (χ0v) is 10.2. The van der Waals surface area contributed by atoms with Gasteiger partial charge >= 0.3 is 5.97 Å². The Morgan fingerprint density at radius 2 is 2.14 bits per heavy atom. The Morgan fingerprint density at radius 3 is 2.50 bits per heavy atom. The summed E-state index contributed by atoms with van der Waals surface area (Å²) in [6.45, 7) is 5.91. The van der Waals surface area contributed by atoms with Crippen LogP contribution in [-0.4, -0.2) is 34.8 Å². The second-order valence-electron chi connectivity index (χ2n) is 3.82. The van der Waals surface area contributed by atoms with Crippen LogP contribution in [0, 0.1) is 0 Å². The molecule has 0 rings (SSSR count). The van der Waals surface area contributed by atoms with Crippen LogP contribution >= 0.6 is 11.8 Å². The molecule has 0 aromatic carbocycles. The van der Waals surface area contributed by atoms with Gasteiger partial charge in [0.25, 0.3) is 0 Å². The van der Waals surface area contributed by atoms with Crippen LogP contribution in [0.25, 0.3) is 0 Å². The molecule has 84 valence electrons. The number of hydrogen-bond acceptors (Lipinski definition) is 3. The number of rotatable bonds is 7. The van der Waals surface area contributed by atoms with Crippen molar-refractivity contribution in [2.45, 2.75) is 44.5 Å². The molecule has 0 fully saturated rings. The number of carbonyl (C=O) groups is 1. The molecule has 0 heterocycles. The summed E-state index contributed by atoms with van der Waals surface area (Å²) in [4.78, 5) is 10.7. The van der Waals surface area contributed by atoms with E-state index in [9.17, 15) is 4.79 Å². The van der Waals surface area contributed by atoms with Crippen molar-refractivity contribution in [2.75, 3.05) is 12.9 Å². The number of carboxylic acid groups (broad SMARTS) is 1. The summed E-state index contributed by atoms with van der Waals surface area (Å²) in [6, 6.07) is 0. The molecule has 1 unspecified atom stereocenters. The lowest BCUT2D eigenvalue weighted by molar-refractivity contribution is -0.136. The molecular formula is C10H20O3S. The van der Waals surface area contributed by atoms with Gasteiger partial charge in [0.05, 0.1) is 5.60 Å². The van der Waals surface area contributed by atoms with E-state index in [0.29, 0.717) is 6.42 Å². The normalized spacial score (nSPS) is 14.0. The fourth-order valence-corrected chi connectivity index (χ4v) is 2.19. The molecule has 0 aliphatic rings. The highest BCUT2D eigenvalue weighted by atomic mass is 32.2. The van der Waals surface area contributed by atoms with Gasteiger partial charge in [-0.05, 0) is 32.4 Å². The first-order valence-electron chi connectivity index (χ1n) is 4.82. The van der Waals surface area contributed by atoms with E-state index in [1.165, 1.54) is 11.8 Å². The van der Waals surface area contributed by atoms with Gasteiger partial charge in [-0.1, -0.05) is 6.92 Å². The molecule has 0 radical (unpaired) electrons. The van der Waals surface area contributed by atoms with E-state index in [-0.39, 0.29) is 10.9 Å². The average molecular weight is 220 g/mol. The maximum absolute atomic E-state index is 10.7. The van der Waals surface area contributed by atoms with Gasteiger partial charge in [0, 0.05) is 7.11 Å². The molecule has 0 saturated carbocycles. The van der Waals surface area contributed by atoms with Crippen molar-refractivity contribution in [3.63, 3.8) is 0 Å². The first-order valence-corrected chi connectivity index (χ1v) is 5.87. The van der Waals surface area contributed by atoms with E-state index < -0.39 is 5.97 Å². The van der Waals surface area contributed by atoms with Crippen molar-refractivity contribution in [1.82, 2.24) is 0 Å². The van der Waals surface area contributed by atoms with Gasteiger partial charge in [0.1, 0.15) is 5.25 Å². The minimum Gasteiger partial charge on any atom is -0.480 e. The number of methoxy groups -OCH3 is 1. The zero-order valence-electron chi connectivity index (χ0n) is 9.37. The monoisotopic (exact) mass is 220 g/mol. The van der Waals surface area contributed by atoms with E-state index in [0.717, 1.165) is 12.2 Å². The summed E-state index contributed by atoms with van der Waals surface area (Å²) in [5, 5.41) is 8.53. The lowest BCUT2D eigenvalue weighted by Crippen LogP contribution is -2.24. The van der Waals surface area contributed by atoms with Gasteiger partial charge in [0.15, 0.2) is 0 Å². The highest BCUT2D eigenvalue weighted by Gasteiger charge is 2.19. The van der Waals surface area contributed by atoms with Crippen molar-refractivity contribution in [1.29, 1.82) is 0 Å². The largest absolute Gasteiger partial charge is 0.480 e. The van der Waals surface area contributed by atoms with Gasteiger partial charge in [-0.3, -0.25) is 4.79 Å². The molecule has 3 nitrogen and oxygen atoms in total. The fourth-order valence-electron chi connectivity index (χ4n) is 0.913. The van der Waals surface area contributed by atoms with E-state index in [4.69, 9.17) is 9.84 Å². The Bertz CT molecular complexity index is 180. The number of hydrogen-bond donors (Lipinski definition) is 1. The van der Waals surface area contributed by atoms with E-state index >= 15 is 0 Å². The molecule has 1 N–H and O–H groups in total. The lowest BCUT2D eigenvalue weighted by atomic mass is 10.1. The second kappa shape index (κ2) is 6.30. The Morgan fingerprint density at radius 1 is 1.57 bits per heavy atom. The predicted octanol–water partition coefficient (Wildman–Crippen LogP) is 2.40. The molecule has 0 aromatic heterocycles. The average Bonchev–Trinajstić information content (AvgIpc) is 2.12. The van der Waals surface area contributed by atoms with Gasteiger partial charge in [-0.25, -0.2) is 0 Å². The third kappa shape index (κ3) is 5.50. The van der Waals surface area contributed by atoms with Gasteiger partial charge < -0.3 is 9.84 Å². The van der Waals surface area contributed by atoms with E-state index in [1.54, 1.807) is 7.11 Å². The molecular weight excluding hydrogens is 200 g/mol. The van der Waals surface area contributed by atoms with Crippen LogP contribution in [0.15, 0.2) is 0 Å². The predicted molar refractivity (Wildman–Crippen MR) is 59.9 cm³/mol. The molecule has 0 bridgehead atoms. The zero-order chi connectivity index (χ0) is 11.2. The molecule has 0 aromatic rings. The van der Waals surface area contributed by atoms with Crippen LogP contribution in [-0.2, 0) is 9.53 Å². The summed E-state index contributed by atoms with van der Waals surface area (Å²) in [7, 11) is 1.68. The van der Waals surface area contributed by atoms with Gasteiger partial charge in [0.2, 0.25) is 0 Å². The molecule has 0 saturated heterocycles. The summed E-state index contributed by atoms with van der Waals surface area (Å²) in [5.41, 5.74) is -0.149. The minimum absolute atomic E-state index is 0.149. The third-order valence-electron chi connectivity index (χ3n) is 2.22. The summed E-state index contributed by atoms with van der Waals surface area (Å²) in [6.07, 6.45) is 1.55. The van der Waals surface area contributed by atoms with Gasteiger partial charge in [-0.2, -0.15) is 0 Å². The maximum atomic E-state index is 10.7. The van der Waals surface area contributed by atoms with Crippen LogP contribution in [0.3, 0.4) is 0 Å². The smallest absolute Gasteiger partial charge is 0.316 e. The number of aliphatic carboxylic acids is 1. The van der Waals surface area contributed by atoms with Crippen molar-refractivity contribution in [3.8, 4) is 0 Å². The van der Waals surface area contributed by atoms with Crippen molar-refractivity contribution >= 4 is 17.7 Å². The third-order valence-corrected chi connectivity index (χ3v) is 3.60. The lowest BCUT2D eigenvalue weighted by Gasteiger charge is -2.23. The van der Waals surface area contributed by atoms with E-state index in [2.05, 4.69) is 0 Å². The summed E-state index contributed by atoms with van der Waals surface area (Å²) < 4.78 is 5.25. The highest BCUT2D eigenvalue weighted by Crippen LogP contribution is 2.21. The molecule has 4 heteroatoms. The quantitative estimate of drug-likeness (QED) is 0.715. The minimum atomic E-state index is -0.715. The molecule has 0 amide bonds. The van der Waals surface area contributed by atoms with Crippen molar-refractivity contribution < 1.29 is 14.6 Å². The molecule has 0 aliphatic carbocycles. The Hall–Kier alpha value is -0.220. The van der Waals surface area contributed by atoms with Crippen LogP contribution in [0.4, 0.5) is 0 Å². The van der Waals surface area contributed by atoms with Crippen LogP contribution < -0.4 is 0 Å². The molecule has 0 spiro atoms. The highest BCUT2D eigenvalue weighted by molar-refractivity contribution is 8.00. The number of ether oxygens (including phenoxy) is 1. The first-order chi connectivity index (χ1) is 6.43. The first kappa shape index (κ1) is 13.8. The standard InChI is InChI=1S/C10H20O3S/c1-5-8(9(11)12)14-7-6-10(2,3)13-4/h8H,5-7H2,1-4H3,(H,11,12). The number of thioether (sulfide) groups is 1. The Balaban J connectivity index is 3.77. The van der Waals surface area contributed by atoms with Crippen LogP contribution in [0.5, 0.6) is 0 Å². The van der Waals surface area contributed by atoms with Crippen LogP contribution in [0.1, 0.15) is 33.6 Å². The molecule has 1 atom stereocenters. The van der Waals surface area contributed by atoms with Crippen molar-refractivity contribution in [2.24, 2.45) is 0 Å². The second-order valence-corrected chi connectivity index (χ2v) is 5.13. The maximum Gasteiger partial charge on any atom is 0.316 e. The van der Waals surface area contributed by atoms with Crippen molar-refractivity contribution in [3.05, 3.63) is 0 Å². The fraction of sp³-hybridized carbons (Fsp3) is 0.900. The number of carboxylic acids is 1. The SMILES string of the molecule is CCC(SCCC(C)(C)OC)C(=O)O. The summed E-state index contributed by atoms with van der Waals surface area (Å²) >= 11 is 1.49. The molecule has 14 heavy (non-hydrogen) atoms. The van der Waals surface area contributed by atoms with E-state index in [1.807, 2.05) is 20.8 Å². The summed E-state index contributed by atoms with van der Waals surface area (Å²) in [5.74, 6) is 0.110. The Kier molecular flexibility index (Phi) is 6.20.